The summed E-state index contributed by atoms with van der Waals surface area (Å²) in [5.41, 5.74) is 11.7. The summed E-state index contributed by atoms with van der Waals surface area (Å²) in [4.78, 5) is 18.7. The van der Waals surface area contributed by atoms with Gasteiger partial charge in [0.05, 0.1) is 11.6 Å². The summed E-state index contributed by atoms with van der Waals surface area (Å²) in [5.74, 6) is 0.337. The summed E-state index contributed by atoms with van der Waals surface area (Å²) in [5, 5.41) is 0. The van der Waals surface area contributed by atoms with Gasteiger partial charge in [-0.2, -0.15) is 0 Å². The number of ether oxygens (including phenoxy) is 1. The minimum Gasteiger partial charge on any atom is -0.489 e. The molecular weight excluding hydrogens is 431 g/mol. The second kappa shape index (κ2) is 12.9. The largest absolute Gasteiger partial charge is 0.489 e. The van der Waals surface area contributed by atoms with E-state index >= 15 is 0 Å². The van der Waals surface area contributed by atoms with Crippen LogP contribution < -0.4 is 16.0 Å². The Morgan fingerprint density at radius 3 is 2.44 bits per heavy atom. The number of halogens is 1. The van der Waals surface area contributed by atoms with E-state index in [-0.39, 0.29) is 11.9 Å². The Kier molecular flexibility index (Phi) is 9.62. The Morgan fingerprint density at radius 1 is 1.03 bits per heavy atom. The lowest BCUT2D eigenvalue weighted by Gasteiger charge is -2.21. The van der Waals surface area contributed by atoms with Crippen LogP contribution in [0.2, 0.25) is 0 Å². The molecule has 0 fully saturated rings. The molecule has 180 valence electrons. The van der Waals surface area contributed by atoms with Crippen LogP contribution in [0.5, 0.6) is 5.75 Å². The third-order valence-corrected chi connectivity index (χ3v) is 5.47. The van der Waals surface area contributed by atoms with Crippen molar-refractivity contribution in [3.63, 3.8) is 0 Å². The van der Waals surface area contributed by atoms with E-state index in [4.69, 9.17) is 15.3 Å². The van der Waals surface area contributed by atoms with E-state index in [9.17, 15) is 9.18 Å². The van der Waals surface area contributed by atoms with Crippen molar-refractivity contribution in [1.29, 1.82) is 0 Å². The van der Waals surface area contributed by atoms with E-state index in [2.05, 4.69) is 19.3 Å². The second-order valence-corrected chi connectivity index (χ2v) is 8.73. The molecule has 0 saturated heterocycles. The van der Waals surface area contributed by atoms with Crippen molar-refractivity contribution in [2.45, 2.75) is 45.8 Å². The molecule has 1 unspecified atom stereocenters. The van der Waals surface area contributed by atoms with Gasteiger partial charge in [0.15, 0.2) is 0 Å². The summed E-state index contributed by atoms with van der Waals surface area (Å²) in [6, 6.07) is 21.2. The highest BCUT2D eigenvalue weighted by Crippen LogP contribution is 2.23. The molecule has 5 nitrogen and oxygen atoms in total. The standard InChI is InChI=1S/C28H33FN2O3/c1-20(2)17-27(23-12-14-24(29)15-13-23)31-34-28(32)26-18-21(10-11-22(26)7-6-16-30)19-33-25-8-4-3-5-9-25/h3-5,8-15,18,20,27,31H,6-7,16-17,19,30H2,1-2H3. The highest BCUT2D eigenvalue weighted by molar-refractivity contribution is 5.91. The van der Waals surface area contributed by atoms with Gasteiger partial charge in [-0.25, -0.2) is 9.18 Å². The van der Waals surface area contributed by atoms with Gasteiger partial charge in [0.25, 0.3) is 0 Å². The average molecular weight is 465 g/mol. The number of hydroxylamine groups is 1. The summed E-state index contributed by atoms with van der Waals surface area (Å²) < 4.78 is 19.2. The predicted octanol–water partition coefficient (Wildman–Crippen LogP) is 5.74. The number of aryl methyl sites for hydroxylation is 1. The first-order valence-electron chi connectivity index (χ1n) is 11.7. The number of hydrogen-bond acceptors (Lipinski definition) is 5. The van der Waals surface area contributed by atoms with Gasteiger partial charge in [-0.3, -0.25) is 0 Å². The van der Waals surface area contributed by atoms with Gasteiger partial charge < -0.3 is 15.3 Å². The second-order valence-electron chi connectivity index (χ2n) is 8.73. The monoisotopic (exact) mass is 464 g/mol. The molecule has 0 aliphatic heterocycles. The SMILES string of the molecule is CC(C)CC(NOC(=O)c1cc(COc2ccccc2)ccc1CCCN)c1ccc(F)cc1. The summed E-state index contributed by atoms with van der Waals surface area (Å²) in [7, 11) is 0. The van der Waals surface area contributed by atoms with Gasteiger partial charge in [0, 0.05) is 0 Å². The molecule has 3 N–H and O–H groups in total. The maximum atomic E-state index is 13.4. The summed E-state index contributed by atoms with van der Waals surface area (Å²) in [6.45, 7) is 5.04. The Balaban J connectivity index is 1.74. The van der Waals surface area contributed by atoms with Crippen LogP contribution >= 0.6 is 0 Å². The van der Waals surface area contributed by atoms with E-state index in [0.29, 0.717) is 31.1 Å². The topological polar surface area (TPSA) is 73.6 Å². The molecule has 34 heavy (non-hydrogen) atoms. The normalized spacial score (nSPS) is 11.9. The number of benzene rings is 3. The molecule has 6 heteroatoms. The number of nitrogens with two attached hydrogens (primary N) is 1. The summed E-state index contributed by atoms with van der Waals surface area (Å²) >= 11 is 0. The van der Waals surface area contributed by atoms with Gasteiger partial charge in [-0.15, -0.1) is 5.48 Å². The van der Waals surface area contributed by atoms with Crippen LogP contribution in [0.15, 0.2) is 72.8 Å². The fourth-order valence-electron chi connectivity index (χ4n) is 3.70. The van der Waals surface area contributed by atoms with Crippen LogP contribution in [0.4, 0.5) is 4.39 Å². The van der Waals surface area contributed by atoms with Crippen LogP contribution in [-0.4, -0.2) is 12.5 Å². The number of hydrogen-bond donors (Lipinski definition) is 2. The van der Waals surface area contributed by atoms with Crippen molar-refractivity contribution in [2.75, 3.05) is 6.54 Å². The van der Waals surface area contributed by atoms with Crippen molar-refractivity contribution in [3.05, 3.63) is 101 Å². The molecule has 3 aromatic carbocycles. The Bertz CT molecular complexity index is 1040. The van der Waals surface area contributed by atoms with Gasteiger partial charge in [0.1, 0.15) is 18.2 Å². The van der Waals surface area contributed by atoms with E-state index in [1.165, 1.54) is 12.1 Å². The fourth-order valence-corrected chi connectivity index (χ4v) is 3.70. The molecule has 0 aliphatic carbocycles. The van der Waals surface area contributed by atoms with Crippen molar-refractivity contribution in [1.82, 2.24) is 5.48 Å². The molecule has 0 saturated carbocycles. The molecule has 0 heterocycles. The Labute approximate surface area is 201 Å². The van der Waals surface area contributed by atoms with Crippen LogP contribution in [0, 0.1) is 11.7 Å². The quantitative estimate of drug-likeness (QED) is 0.334. The van der Waals surface area contributed by atoms with Crippen LogP contribution in [0.25, 0.3) is 0 Å². The molecule has 0 amide bonds. The van der Waals surface area contributed by atoms with E-state index in [1.807, 2.05) is 48.5 Å². The van der Waals surface area contributed by atoms with E-state index in [1.54, 1.807) is 12.1 Å². The Hall–Kier alpha value is -3.22. The maximum Gasteiger partial charge on any atom is 0.357 e. The molecule has 0 aromatic heterocycles. The minimum atomic E-state index is -0.468. The molecule has 0 spiro atoms. The number of rotatable bonds is 12. The van der Waals surface area contributed by atoms with Crippen LogP contribution in [-0.2, 0) is 17.9 Å². The van der Waals surface area contributed by atoms with Gasteiger partial charge in [-0.05, 0) is 78.7 Å². The van der Waals surface area contributed by atoms with E-state index in [0.717, 1.165) is 35.3 Å². The Morgan fingerprint density at radius 2 is 1.76 bits per heavy atom. The zero-order chi connectivity index (χ0) is 24.3. The van der Waals surface area contributed by atoms with E-state index < -0.39 is 5.97 Å². The third kappa shape index (κ3) is 7.68. The highest BCUT2D eigenvalue weighted by Gasteiger charge is 2.19. The van der Waals surface area contributed by atoms with Gasteiger partial charge >= 0.3 is 5.97 Å². The lowest BCUT2D eigenvalue weighted by Crippen LogP contribution is -2.27. The molecule has 0 radical (unpaired) electrons. The fraction of sp³-hybridized carbons (Fsp3) is 0.321. The first-order chi connectivity index (χ1) is 16.5. The lowest BCUT2D eigenvalue weighted by molar-refractivity contribution is 0.0127. The maximum absolute atomic E-state index is 13.4. The third-order valence-electron chi connectivity index (χ3n) is 5.47. The summed E-state index contributed by atoms with van der Waals surface area (Å²) in [6.07, 6.45) is 2.16. The minimum absolute atomic E-state index is 0.248. The van der Waals surface area contributed by atoms with Crippen molar-refractivity contribution in [3.8, 4) is 5.75 Å². The van der Waals surface area contributed by atoms with Gasteiger partial charge in [-0.1, -0.05) is 56.3 Å². The first kappa shape index (κ1) is 25.4. The highest BCUT2D eigenvalue weighted by atomic mass is 19.1. The molecule has 1 atom stereocenters. The average Bonchev–Trinajstić information content (AvgIpc) is 2.85. The smallest absolute Gasteiger partial charge is 0.357 e. The zero-order valence-electron chi connectivity index (χ0n) is 19.8. The van der Waals surface area contributed by atoms with Crippen LogP contribution in [0.3, 0.4) is 0 Å². The number of nitrogens with one attached hydrogen (secondary N) is 1. The molecule has 0 bridgehead atoms. The van der Waals surface area contributed by atoms with Gasteiger partial charge in [0.2, 0.25) is 0 Å². The van der Waals surface area contributed by atoms with Crippen molar-refractivity contribution in [2.24, 2.45) is 11.7 Å². The molecular formula is C28H33FN2O3. The predicted molar refractivity (Wildman–Crippen MR) is 132 cm³/mol. The van der Waals surface area contributed by atoms with Crippen molar-refractivity contribution >= 4 is 5.97 Å². The first-order valence-corrected chi connectivity index (χ1v) is 11.7. The number of para-hydroxylation sites is 1. The zero-order valence-corrected chi connectivity index (χ0v) is 19.8. The molecule has 3 rings (SSSR count). The number of carbonyl (C=O) groups is 1. The lowest BCUT2D eigenvalue weighted by atomic mass is 9.98. The molecule has 3 aromatic rings. The van der Waals surface area contributed by atoms with Crippen molar-refractivity contribution < 1.29 is 18.8 Å². The molecule has 0 aliphatic rings. The van der Waals surface area contributed by atoms with Crippen LogP contribution in [0.1, 0.15) is 59.8 Å². The number of carbonyl (C=O) groups excluding carboxylic acids is 1.